The number of nitrogens with two attached hydrogens (primary N) is 1. The van der Waals surface area contributed by atoms with Gasteiger partial charge >= 0.3 is 0 Å². The van der Waals surface area contributed by atoms with Crippen LogP contribution in [-0.2, 0) is 4.79 Å². The predicted octanol–water partition coefficient (Wildman–Crippen LogP) is 0.390. The highest BCUT2D eigenvalue weighted by Crippen LogP contribution is 2.27. The minimum atomic E-state index is -1.55. The Bertz CT molecular complexity index is 314. The summed E-state index contributed by atoms with van der Waals surface area (Å²) < 4.78 is 0.795. The number of primary amides is 1. The molecule has 2 atom stereocenters. The lowest BCUT2D eigenvalue weighted by atomic mass is 10.1. The van der Waals surface area contributed by atoms with E-state index >= 15 is 0 Å². The molecule has 0 aliphatic rings. The van der Waals surface area contributed by atoms with Gasteiger partial charge in [0.1, 0.15) is 6.10 Å². The predicted molar refractivity (Wildman–Crippen MR) is 52.2 cm³/mol. The van der Waals surface area contributed by atoms with Crippen LogP contribution in [0.25, 0.3) is 0 Å². The molecule has 1 aromatic rings. The van der Waals surface area contributed by atoms with Crippen molar-refractivity contribution in [3.8, 4) is 0 Å². The second-order valence-corrected chi connectivity index (χ2v) is 4.32. The number of carbonyl (C=O) groups is 1. The van der Waals surface area contributed by atoms with Crippen LogP contribution >= 0.6 is 27.3 Å². The first-order valence-corrected chi connectivity index (χ1v) is 5.09. The third kappa shape index (κ3) is 2.50. The first-order chi connectivity index (χ1) is 6.02. The van der Waals surface area contributed by atoms with Crippen LogP contribution in [-0.4, -0.2) is 22.2 Å². The zero-order chi connectivity index (χ0) is 10.0. The van der Waals surface area contributed by atoms with Gasteiger partial charge in [0.25, 0.3) is 0 Å². The highest BCUT2D eigenvalue weighted by molar-refractivity contribution is 9.10. The van der Waals surface area contributed by atoms with E-state index in [1.165, 1.54) is 11.3 Å². The Morgan fingerprint density at radius 3 is 2.62 bits per heavy atom. The summed E-state index contributed by atoms with van der Waals surface area (Å²) in [6.07, 6.45) is -2.79. The Morgan fingerprint density at radius 1 is 1.62 bits per heavy atom. The number of hydrogen-bond acceptors (Lipinski definition) is 4. The van der Waals surface area contributed by atoms with E-state index in [2.05, 4.69) is 15.9 Å². The number of rotatable bonds is 3. The van der Waals surface area contributed by atoms with Gasteiger partial charge in [0.2, 0.25) is 5.91 Å². The molecule has 13 heavy (non-hydrogen) atoms. The third-order valence-corrected chi connectivity index (χ3v) is 3.23. The molecular formula is C7H8BrNO3S. The molecule has 6 heteroatoms. The summed E-state index contributed by atoms with van der Waals surface area (Å²) in [7, 11) is 0. The first kappa shape index (κ1) is 10.6. The Hall–Kier alpha value is -0.430. The van der Waals surface area contributed by atoms with Crippen LogP contribution in [0.3, 0.4) is 0 Å². The number of aliphatic hydroxyl groups excluding tert-OH is 2. The topological polar surface area (TPSA) is 83.6 Å². The molecular weight excluding hydrogens is 258 g/mol. The van der Waals surface area contributed by atoms with Gasteiger partial charge in [0.05, 0.1) is 0 Å². The van der Waals surface area contributed by atoms with Gasteiger partial charge in [0, 0.05) is 14.7 Å². The summed E-state index contributed by atoms with van der Waals surface area (Å²) in [5.74, 6) is -0.933. The summed E-state index contributed by atoms with van der Waals surface area (Å²) >= 11 is 4.43. The van der Waals surface area contributed by atoms with Crippen molar-refractivity contribution in [3.05, 3.63) is 20.8 Å². The monoisotopic (exact) mass is 265 g/mol. The van der Waals surface area contributed by atoms with E-state index in [0.29, 0.717) is 4.88 Å². The van der Waals surface area contributed by atoms with E-state index in [1.54, 1.807) is 11.4 Å². The fourth-order valence-corrected chi connectivity index (χ4v) is 2.25. The van der Waals surface area contributed by atoms with Crippen molar-refractivity contribution < 1.29 is 15.0 Å². The molecule has 1 amide bonds. The normalized spacial score (nSPS) is 15.3. The van der Waals surface area contributed by atoms with Crippen LogP contribution < -0.4 is 5.73 Å². The van der Waals surface area contributed by atoms with Gasteiger partial charge in [-0.25, -0.2) is 0 Å². The van der Waals surface area contributed by atoms with Crippen LogP contribution in [0.5, 0.6) is 0 Å². The average molecular weight is 266 g/mol. The number of hydrogen-bond donors (Lipinski definition) is 3. The van der Waals surface area contributed by atoms with Crippen molar-refractivity contribution in [2.45, 2.75) is 12.2 Å². The Morgan fingerprint density at radius 2 is 2.23 bits per heavy atom. The van der Waals surface area contributed by atoms with Gasteiger partial charge in [-0.2, -0.15) is 0 Å². The molecule has 1 heterocycles. The average Bonchev–Trinajstić information content (AvgIpc) is 2.49. The minimum absolute atomic E-state index is 0.498. The van der Waals surface area contributed by atoms with Crippen molar-refractivity contribution in [1.82, 2.24) is 0 Å². The molecule has 0 spiro atoms. The number of carbonyl (C=O) groups excluding carboxylic acids is 1. The minimum Gasteiger partial charge on any atom is -0.384 e. The van der Waals surface area contributed by atoms with E-state index in [1.807, 2.05) is 0 Å². The molecule has 0 aliphatic heterocycles. The molecule has 4 N–H and O–H groups in total. The lowest BCUT2D eigenvalue weighted by Crippen LogP contribution is -2.33. The van der Waals surface area contributed by atoms with E-state index in [0.717, 1.165) is 4.47 Å². The van der Waals surface area contributed by atoms with Crippen molar-refractivity contribution in [1.29, 1.82) is 0 Å². The Balaban J connectivity index is 2.78. The molecule has 0 fully saturated rings. The molecule has 0 aromatic carbocycles. The molecule has 1 aromatic heterocycles. The highest BCUT2D eigenvalue weighted by Gasteiger charge is 2.24. The van der Waals surface area contributed by atoms with Gasteiger partial charge < -0.3 is 15.9 Å². The molecule has 2 unspecified atom stereocenters. The summed E-state index contributed by atoms with van der Waals surface area (Å²) in [4.78, 5) is 11.0. The second-order valence-electron chi connectivity index (χ2n) is 2.46. The number of halogens is 1. The summed E-state index contributed by atoms with van der Waals surface area (Å²) in [6.45, 7) is 0. The SMILES string of the molecule is NC(=O)C(O)C(O)c1cc(Br)cs1. The van der Waals surface area contributed by atoms with Gasteiger partial charge in [-0.3, -0.25) is 4.79 Å². The van der Waals surface area contributed by atoms with Gasteiger partial charge in [-0.1, -0.05) is 0 Å². The zero-order valence-corrected chi connectivity index (χ0v) is 8.88. The molecule has 0 saturated heterocycles. The quantitative estimate of drug-likeness (QED) is 0.740. The van der Waals surface area contributed by atoms with Crippen LogP contribution in [0.15, 0.2) is 15.9 Å². The standard InChI is InChI=1S/C7H8BrNO3S/c8-3-1-4(13-2-3)5(10)6(11)7(9)12/h1-2,5-6,10-11H,(H2,9,12). The fourth-order valence-electron chi connectivity index (χ4n) is 0.795. The first-order valence-electron chi connectivity index (χ1n) is 3.41. The van der Waals surface area contributed by atoms with E-state index in [9.17, 15) is 9.90 Å². The lowest BCUT2D eigenvalue weighted by Gasteiger charge is -2.12. The molecule has 1 rings (SSSR count). The summed E-state index contributed by atoms with van der Waals surface area (Å²) in [5, 5.41) is 20.3. The number of aliphatic hydroxyl groups is 2. The Labute approximate surface area is 87.1 Å². The molecule has 72 valence electrons. The van der Waals surface area contributed by atoms with E-state index in [4.69, 9.17) is 10.8 Å². The van der Waals surface area contributed by atoms with Crippen molar-refractivity contribution in [3.63, 3.8) is 0 Å². The smallest absolute Gasteiger partial charge is 0.249 e. The largest absolute Gasteiger partial charge is 0.384 e. The zero-order valence-electron chi connectivity index (χ0n) is 6.48. The summed E-state index contributed by atoms with van der Waals surface area (Å²) in [5.41, 5.74) is 4.83. The molecule has 4 nitrogen and oxygen atoms in total. The fraction of sp³-hybridized carbons (Fsp3) is 0.286. The molecule has 0 aliphatic carbocycles. The van der Waals surface area contributed by atoms with Gasteiger partial charge in [-0.15, -0.1) is 11.3 Å². The lowest BCUT2D eigenvalue weighted by molar-refractivity contribution is -0.131. The van der Waals surface area contributed by atoms with E-state index in [-0.39, 0.29) is 0 Å². The van der Waals surface area contributed by atoms with Crippen LogP contribution in [0.4, 0.5) is 0 Å². The maximum absolute atomic E-state index is 10.5. The maximum atomic E-state index is 10.5. The van der Waals surface area contributed by atoms with Crippen molar-refractivity contribution in [2.24, 2.45) is 5.73 Å². The molecule has 0 bridgehead atoms. The second kappa shape index (κ2) is 4.19. The van der Waals surface area contributed by atoms with Gasteiger partial charge in [-0.05, 0) is 22.0 Å². The number of amides is 1. The molecule has 0 saturated carbocycles. The van der Waals surface area contributed by atoms with Crippen molar-refractivity contribution in [2.75, 3.05) is 0 Å². The third-order valence-electron chi connectivity index (χ3n) is 1.47. The Kier molecular flexibility index (Phi) is 3.43. The van der Waals surface area contributed by atoms with Crippen LogP contribution in [0.1, 0.15) is 11.0 Å². The van der Waals surface area contributed by atoms with Crippen LogP contribution in [0.2, 0.25) is 0 Å². The van der Waals surface area contributed by atoms with Gasteiger partial charge in [0.15, 0.2) is 6.10 Å². The summed E-state index contributed by atoms with van der Waals surface area (Å²) in [6, 6.07) is 1.63. The highest BCUT2D eigenvalue weighted by atomic mass is 79.9. The van der Waals surface area contributed by atoms with E-state index < -0.39 is 18.1 Å². The van der Waals surface area contributed by atoms with Crippen LogP contribution in [0, 0.1) is 0 Å². The van der Waals surface area contributed by atoms with Crippen molar-refractivity contribution >= 4 is 33.2 Å². The molecule has 0 radical (unpaired) electrons. The number of thiophene rings is 1. The maximum Gasteiger partial charge on any atom is 0.249 e.